The Hall–Kier alpha value is -2.17. The average Bonchev–Trinajstić information content (AvgIpc) is 2.81. The lowest BCUT2D eigenvalue weighted by Crippen LogP contribution is -2.08. The number of carboxylic acids is 1. The Morgan fingerprint density at radius 2 is 2.05 bits per heavy atom. The third-order valence-corrected chi connectivity index (χ3v) is 3.02. The van der Waals surface area contributed by atoms with E-state index in [4.69, 9.17) is 5.11 Å². The smallest absolute Gasteiger partial charge is 0.337 e. The molecule has 0 aromatic carbocycles. The maximum absolute atomic E-state index is 10.8. The summed E-state index contributed by atoms with van der Waals surface area (Å²) in [6, 6.07) is 5.41. The zero-order chi connectivity index (χ0) is 13.8. The molecule has 0 atom stereocenters. The molecular formula is C14H17N3O2. The normalized spacial score (nSPS) is 10.6. The molecule has 2 heterocycles. The van der Waals surface area contributed by atoms with Crippen molar-refractivity contribution in [3.63, 3.8) is 0 Å². The van der Waals surface area contributed by atoms with Gasteiger partial charge in [-0.05, 0) is 31.0 Å². The van der Waals surface area contributed by atoms with Crippen molar-refractivity contribution in [2.45, 2.75) is 33.2 Å². The molecule has 0 bridgehead atoms. The summed E-state index contributed by atoms with van der Waals surface area (Å²) in [4.78, 5) is 14.9. The molecule has 0 amide bonds. The van der Waals surface area contributed by atoms with E-state index in [1.165, 1.54) is 11.9 Å². The number of nitrogens with zero attached hydrogens (tertiary/aromatic N) is 3. The fourth-order valence-corrected chi connectivity index (χ4v) is 1.91. The lowest BCUT2D eigenvalue weighted by Gasteiger charge is -2.05. The van der Waals surface area contributed by atoms with Crippen molar-refractivity contribution < 1.29 is 9.90 Å². The molecule has 0 radical (unpaired) electrons. The van der Waals surface area contributed by atoms with Crippen molar-refractivity contribution in [3.8, 4) is 0 Å². The zero-order valence-electron chi connectivity index (χ0n) is 11.1. The predicted octanol–water partition coefficient (Wildman–Crippen LogP) is 2.15. The maximum Gasteiger partial charge on any atom is 0.337 e. The van der Waals surface area contributed by atoms with Gasteiger partial charge in [0.05, 0.1) is 23.5 Å². The van der Waals surface area contributed by atoms with Gasteiger partial charge in [-0.1, -0.05) is 13.8 Å². The quantitative estimate of drug-likeness (QED) is 0.893. The van der Waals surface area contributed by atoms with Crippen LogP contribution in [0, 0.1) is 0 Å². The summed E-state index contributed by atoms with van der Waals surface area (Å²) >= 11 is 0. The van der Waals surface area contributed by atoms with Crippen molar-refractivity contribution >= 4 is 5.97 Å². The molecule has 2 aromatic heterocycles. The van der Waals surface area contributed by atoms with Gasteiger partial charge in [-0.25, -0.2) is 4.79 Å². The van der Waals surface area contributed by atoms with Crippen LogP contribution in [0.3, 0.4) is 0 Å². The summed E-state index contributed by atoms with van der Waals surface area (Å²) in [5, 5.41) is 13.3. The molecule has 100 valence electrons. The molecule has 5 nitrogen and oxygen atoms in total. The number of aryl methyl sites for hydroxylation is 2. The summed E-state index contributed by atoms with van der Waals surface area (Å²) < 4.78 is 1.93. The molecule has 2 rings (SSSR count). The summed E-state index contributed by atoms with van der Waals surface area (Å²) in [7, 11) is 0. The minimum Gasteiger partial charge on any atom is -0.478 e. The van der Waals surface area contributed by atoms with Gasteiger partial charge in [0.25, 0.3) is 0 Å². The molecule has 5 heteroatoms. The third kappa shape index (κ3) is 2.99. The molecule has 0 saturated heterocycles. The van der Waals surface area contributed by atoms with Gasteiger partial charge in [0.2, 0.25) is 0 Å². The summed E-state index contributed by atoms with van der Waals surface area (Å²) in [5.74, 6) is -0.958. The van der Waals surface area contributed by atoms with E-state index in [1.54, 1.807) is 12.1 Å². The molecule has 0 fully saturated rings. The molecule has 0 saturated carbocycles. The van der Waals surface area contributed by atoms with E-state index in [9.17, 15) is 4.79 Å². The molecule has 0 unspecified atom stereocenters. The van der Waals surface area contributed by atoms with Crippen molar-refractivity contribution in [1.82, 2.24) is 14.8 Å². The van der Waals surface area contributed by atoms with Crippen LogP contribution in [0.1, 0.15) is 41.3 Å². The number of aromatic carboxylic acids is 1. The van der Waals surface area contributed by atoms with E-state index in [0.717, 1.165) is 24.2 Å². The van der Waals surface area contributed by atoms with Crippen LogP contribution in [0.2, 0.25) is 0 Å². The molecule has 0 aliphatic carbocycles. The molecule has 0 aliphatic heterocycles. The fourth-order valence-electron chi connectivity index (χ4n) is 1.91. The molecule has 2 aromatic rings. The topological polar surface area (TPSA) is 68.0 Å². The minimum absolute atomic E-state index is 0.203. The lowest BCUT2D eigenvalue weighted by atomic mass is 10.2. The Balaban J connectivity index is 2.20. The summed E-state index contributed by atoms with van der Waals surface area (Å²) in [6.45, 7) is 4.74. The largest absolute Gasteiger partial charge is 0.478 e. The highest BCUT2D eigenvalue weighted by molar-refractivity contribution is 5.87. The van der Waals surface area contributed by atoms with E-state index >= 15 is 0 Å². The van der Waals surface area contributed by atoms with Gasteiger partial charge in [0, 0.05) is 11.9 Å². The van der Waals surface area contributed by atoms with Gasteiger partial charge in [-0.3, -0.25) is 9.67 Å². The molecule has 1 N–H and O–H groups in total. The standard InChI is InChI=1S/C14H17N3O2/c1-3-11-7-13(4-2)17(16-11)9-12-6-5-10(8-15-12)14(18)19/h5-8H,3-4,9H2,1-2H3,(H,18,19). The average molecular weight is 259 g/mol. The van der Waals surface area contributed by atoms with E-state index < -0.39 is 5.97 Å². The van der Waals surface area contributed by atoms with Gasteiger partial charge in [-0.15, -0.1) is 0 Å². The first-order valence-corrected chi connectivity index (χ1v) is 6.37. The Morgan fingerprint density at radius 3 is 2.58 bits per heavy atom. The Labute approximate surface area is 111 Å². The van der Waals surface area contributed by atoms with Crippen LogP contribution in [0.4, 0.5) is 0 Å². The zero-order valence-corrected chi connectivity index (χ0v) is 11.1. The van der Waals surface area contributed by atoms with Crippen LogP contribution in [0.5, 0.6) is 0 Å². The third-order valence-electron chi connectivity index (χ3n) is 3.02. The van der Waals surface area contributed by atoms with Crippen molar-refractivity contribution in [2.24, 2.45) is 0 Å². The maximum atomic E-state index is 10.8. The van der Waals surface area contributed by atoms with Crippen LogP contribution in [0.25, 0.3) is 0 Å². The first-order chi connectivity index (χ1) is 9.13. The predicted molar refractivity (Wildman–Crippen MR) is 71.3 cm³/mol. The Morgan fingerprint density at radius 1 is 1.26 bits per heavy atom. The van der Waals surface area contributed by atoms with E-state index in [-0.39, 0.29) is 5.56 Å². The van der Waals surface area contributed by atoms with Crippen LogP contribution < -0.4 is 0 Å². The van der Waals surface area contributed by atoms with E-state index in [1.807, 2.05) is 4.68 Å². The number of pyridine rings is 1. The highest BCUT2D eigenvalue weighted by Gasteiger charge is 2.08. The number of aromatic nitrogens is 3. The highest BCUT2D eigenvalue weighted by Crippen LogP contribution is 2.09. The minimum atomic E-state index is -0.958. The number of carbonyl (C=O) groups is 1. The highest BCUT2D eigenvalue weighted by atomic mass is 16.4. The Bertz CT molecular complexity index is 573. The number of rotatable bonds is 5. The second kappa shape index (κ2) is 5.65. The summed E-state index contributed by atoms with van der Waals surface area (Å²) in [5.41, 5.74) is 3.25. The van der Waals surface area contributed by atoms with Gasteiger partial charge in [-0.2, -0.15) is 5.10 Å². The second-order valence-corrected chi connectivity index (χ2v) is 4.34. The fraction of sp³-hybridized carbons (Fsp3) is 0.357. The van der Waals surface area contributed by atoms with Gasteiger partial charge in [0.15, 0.2) is 0 Å². The van der Waals surface area contributed by atoms with Crippen LogP contribution in [-0.2, 0) is 19.4 Å². The molecule has 0 spiro atoms. The summed E-state index contributed by atoms with van der Waals surface area (Å²) in [6.07, 6.45) is 3.21. The van der Waals surface area contributed by atoms with Crippen LogP contribution in [-0.4, -0.2) is 25.8 Å². The first kappa shape index (κ1) is 13.3. The van der Waals surface area contributed by atoms with Crippen molar-refractivity contribution in [2.75, 3.05) is 0 Å². The lowest BCUT2D eigenvalue weighted by molar-refractivity contribution is 0.0696. The number of hydrogen-bond acceptors (Lipinski definition) is 3. The first-order valence-electron chi connectivity index (χ1n) is 6.37. The van der Waals surface area contributed by atoms with E-state index in [2.05, 4.69) is 30.0 Å². The Kier molecular flexibility index (Phi) is 3.94. The van der Waals surface area contributed by atoms with Crippen LogP contribution >= 0.6 is 0 Å². The number of hydrogen-bond donors (Lipinski definition) is 1. The van der Waals surface area contributed by atoms with Gasteiger partial charge in [0.1, 0.15) is 0 Å². The monoisotopic (exact) mass is 259 g/mol. The molecule has 0 aliphatic rings. The molecular weight excluding hydrogens is 242 g/mol. The SMILES string of the molecule is CCc1cc(CC)n(Cc2ccc(C(=O)O)cn2)n1. The van der Waals surface area contributed by atoms with E-state index in [0.29, 0.717) is 6.54 Å². The van der Waals surface area contributed by atoms with Crippen molar-refractivity contribution in [1.29, 1.82) is 0 Å². The van der Waals surface area contributed by atoms with Crippen LogP contribution in [0.15, 0.2) is 24.4 Å². The molecule has 19 heavy (non-hydrogen) atoms. The van der Waals surface area contributed by atoms with Gasteiger partial charge >= 0.3 is 5.97 Å². The van der Waals surface area contributed by atoms with Gasteiger partial charge < -0.3 is 5.11 Å². The number of carboxylic acid groups (broad SMARTS) is 1. The van der Waals surface area contributed by atoms with Crippen molar-refractivity contribution in [3.05, 3.63) is 47.0 Å². The second-order valence-electron chi connectivity index (χ2n) is 4.34.